The Morgan fingerprint density at radius 2 is 2.00 bits per heavy atom. The highest BCUT2D eigenvalue weighted by atomic mass is 16.5. The molecule has 0 bridgehead atoms. The maximum absolute atomic E-state index is 12.8. The number of carbonyl (C=O) groups excluding carboxylic acids is 1. The number of benzene rings is 1. The molecule has 6 heteroatoms. The highest BCUT2D eigenvalue weighted by Crippen LogP contribution is 2.20. The predicted molar refractivity (Wildman–Crippen MR) is 101 cm³/mol. The highest BCUT2D eigenvalue weighted by Gasteiger charge is 2.23. The third-order valence-corrected chi connectivity index (χ3v) is 4.78. The zero-order valence-corrected chi connectivity index (χ0v) is 15.7. The number of likely N-dealkylation sites (tertiary alicyclic amines) is 1. The minimum atomic E-state index is -0.0114. The zero-order chi connectivity index (χ0) is 18.5. The first-order chi connectivity index (χ1) is 12.6. The van der Waals surface area contributed by atoms with Gasteiger partial charge >= 0.3 is 0 Å². The Morgan fingerprint density at radius 3 is 2.73 bits per heavy atom. The standard InChI is InChI=1S/C20H26N4O2/c1-14-8-10-24(11-9-14)20(25)17-12-19(23-15(2)22-17)21-13-16-6-4-5-7-18(16)26-3/h4-7,12,14H,8-11,13H2,1-3H3,(H,21,22,23). The number of hydrogen-bond acceptors (Lipinski definition) is 5. The number of methoxy groups -OCH3 is 1. The van der Waals surface area contributed by atoms with Crippen LogP contribution < -0.4 is 10.1 Å². The van der Waals surface area contributed by atoms with E-state index in [2.05, 4.69) is 22.2 Å². The van der Waals surface area contributed by atoms with Gasteiger partial charge in [0, 0.05) is 31.3 Å². The van der Waals surface area contributed by atoms with E-state index in [0.717, 1.165) is 37.2 Å². The van der Waals surface area contributed by atoms with Crippen molar-refractivity contribution in [3.8, 4) is 5.75 Å². The van der Waals surface area contributed by atoms with Gasteiger partial charge in [-0.2, -0.15) is 0 Å². The van der Waals surface area contributed by atoms with Crippen molar-refractivity contribution in [3.05, 3.63) is 47.4 Å². The number of nitrogens with zero attached hydrogens (tertiary/aromatic N) is 3. The van der Waals surface area contributed by atoms with Gasteiger partial charge in [-0.05, 0) is 31.7 Å². The second-order valence-corrected chi connectivity index (χ2v) is 6.83. The molecule has 26 heavy (non-hydrogen) atoms. The summed E-state index contributed by atoms with van der Waals surface area (Å²) in [5.74, 6) is 2.73. The van der Waals surface area contributed by atoms with Crippen LogP contribution in [0.2, 0.25) is 0 Å². The number of hydrogen-bond donors (Lipinski definition) is 1. The van der Waals surface area contributed by atoms with Crippen molar-refractivity contribution in [2.75, 3.05) is 25.5 Å². The number of piperidine rings is 1. The average molecular weight is 354 g/mol. The van der Waals surface area contributed by atoms with Crippen molar-refractivity contribution in [3.63, 3.8) is 0 Å². The SMILES string of the molecule is COc1ccccc1CNc1cc(C(=O)N2CCC(C)CC2)nc(C)n1. The van der Waals surface area contributed by atoms with E-state index in [4.69, 9.17) is 4.74 Å². The second-order valence-electron chi connectivity index (χ2n) is 6.83. The molecular formula is C20H26N4O2. The van der Waals surface area contributed by atoms with E-state index < -0.39 is 0 Å². The molecule has 3 rings (SSSR count). The molecule has 0 spiro atoms. The van der Waals surface area contributed by atoms with Gasteiger partial charge in [0.1, 0.15) is 23.1 Å². The number of rotatable bonds is 5. The van der Waals surface area contributed by atoms with Crippen molar-refractivity contribution in [2.24, 2.45) is 5.92 Å². The lowest BCUT2D eigenvalue weighted by molar-refractivity contribution is 0.0691. The molecule has 2 aromatic rings. The molecule has 1 aliphatic heterocycles. The molecule has 0 unspecified atom stereocenters. The highest BCUT2D eigenvalue weighted by molar-refractivity contribution is 5.93. The van der Waals surface area contributed by atoms with Crippen molar-refractivity contribution >= 4 is 11.7 Å². The van der Waals surface area contributed by atoms with E-state index in [1.165, 1.54) is 0 Å². The minimum Gasteiger partial charge on any atom is -0.496 e. The summed E-state index contributed by atoms with van der Waals surface area (Å²) in [6, 6.07) is 9.57. The van der Waals surface area contributed by atoms with Gasteiger partial charge in [0.2, 0.25) is 0 Å². The zero-order valence-electron chi connectivity index (χ0n) is 15.7. The first-order valence-corrected chi connectivity index (χ1v) is 9.07. The molecule has 0 aliphatic carbocycles. The maximum atomic E-state index is 12.8. The van der Waals surface area contributed by atoms with Gasteiger partial charge in [-0.3, -0.25) is 4.79 Å². The first kappa shape index (κ1) is 18.2. The van der Waals surface area contributed by atoms with Crippen LogP contribution in [0.15, 0.2) is 30.3 Å². The lowest BCUT2D eigenvalue weighted by Crippen LogP contribution is -2.38. The van der Waals surface area contributed by atoms with Crippen LogP contribution in [0.25, 0.3) is 0 Å². The number of amides is 1. The van der Waals surface area contributed by atoms with Gasteiger partial charge in [-0.25, -0.2) is 9.97 Å². The van der Waals surface area contributed by atoms with E-state index in [1.807, 2.05) is 36.1 Å². The quantitative estimate of drug-likeness (QED) is 0.892. The summed E-state index contributed by atoms with van der Waals surface area (Å²) in [4.78, 5) is 23.4. The minimum absolute atomic E-state index is 0.0114. The molecule has 1 aliphatic rings. The van der Waals surface area contributed by atoms with E-state index in [-0.39, 0.29) is 5.91 Å². The number of nitrogens with one attached hydrogen (secondary N) is 1. The molecule has 2 heterocycles. The molecule has 1 N–H and O–H groups in total. The van der Waals surface area contributed by atoms with Crippen LogP contribution >= 0.6 is 0 Å². The van der Waals surface area contributed by atoms with Gasteiger partial charge in [0.05, 0.1) is 7.11 Å². The van der Waals surface area contributed by atoms with Crippen LogP contribution in [0.1, 0.15) is 41.6 Å². The van der Waals surface area contributed by atoms with Crippen LogP contribution in [0.4, 0.5) is 5.82 Å². The number of aromatic nitrogens is 2. The summed E-state index contributed by atoms with van der Waals surface area (Å²) >= 11 is 0. The van der Waals surface area contributed by atoms with Gasteiger partial charge in [-0.15, -0.1) is 0 Å². The average Bonchev–Trinajstić information content (AvgIpc) is 2.66. The molecule has 6 nitrogen and oxygen atoms in total. The van der Waals surface area contributed by atoms with Gasteiger partial charge in [0.25, 0.3) is 5.91 Å². The Bertz CT molecular complexity index is 770. The molecule has 0 saturated carbocycles. The number of anilines is 1. The molecule has 1 aromatic heterocycles. The Kier molecular flexibility index (Phi) is 5.71. The fourth-order valence-corrected chi connectivity index (χ4v) is 3.18. The molecule has 1 aromatic carbocycles. The second kappa shape index (κ2) is 8.17. The molecule has 0 radical (unpaired) electrons. The first-order valence-electron chi connectivity index (χ1n) is 9.07. The monoisotopic (exact) mass is 354 g/mol. The summed E-state index contributed by atoms with van der Waals surface area (Å²) in [6.45, 7) is 6.20. The van der Waals surface area contributed by atoms with Gasteiger partial charge in [0.15, 0.2) is 0 Å². The Labute approximate surface area is 154 Å². The van der Waals surface area contributed by atoms with E-state index in [0.29, 0.717) is 29.8 Å². The van der Waals surface area contributed by atoms with E-state index in [9.17, 15) is 4.79 Å². The Balaban J connectivity index is 1.72. The third kappa shape index (κ3) is 4.31. The number of ether oxygens (including phenoxy) is 1. The molecule has 138 valence electrons. The van der Waals surface area contributed by atoms with Crippen molar-refractivity contribution in [1.82, 2.24) is 14.9 Å². The van der Waals surface area contributed by atoms with Crippen molar-refractivity contribution in [2.45, 2.75) is 33.2 Å². The lowest BCUT2D eigenvalue weighted by atomic mass is 9.99. The summed E-state index contributed by atoms with van der Waals surface area (Å²) < 4.78 is 5.37. The van der Waals surface area contributed by atoms with E-state index >= 15 is 0 Å². The maximum Gasteiger partial charge on any atom is 0.272 e. The van der Waals surface area contributed by atoms with Crippen LogP contribution in [-0.4, -0.2) is 41.0 Å². The topological polar surface area (TPSA) is 67.3 Å². The lowest BCUT2D eigenvalue weighted by Gasteiger charge is -2.30. The smallest absolute Gasteiger partial charge is 0.272 e. The summed E-state index contributed by atoms with van der Waals surface area (Å²) in [5.41, 5.74) is 1.48. The predicted octanol–water partition coefficient (Wildman–Crippen LogP) is 3.28. The van der Waals surface area contributed by atoms with Crippen LogP contribution in [0.5, 0.6) is 5.75 Å². The summed E-state index contributed by atoms with van der Waals surface area (Å²) in [7, 11) is 1.66. The number of aryl methyl sites for hydroxylation is 1. The largest absolute Gasteiger partial charge is 0.496 e. The molecule has 0 atom stereocenters. The van der Waals surface area contributed by atoms with Gasteiger partial charge in [-0.1, -0.05) is 25.1 Å². The summed E-state index contributed by atoms with van der Waals surface area (Å²) in [5, 5.41) is 3.28. The number of carbonyl (C=O) groups is 1. The molecular weight excluding hydrogens is 328 g/mol. The van der Waals surface area contributed by atoms with Crippen LogP contribution in [-0.2, 0) is 6.54 Å². The molecule has 1 amide bonds. The normalized spacial score (nSPS) is 15.0. The van der Waals surface area contributed by atoms with E-state index in [1.54, 1.807) is 13.2 Å². The Hall–Kier alpha value is -2.63. The molecule has 1 saturated heterocycles. The van der Waals surface area contributed by atoms with Crippen molar-refractivity contribution < 1.29 is 9.53 Å². The van der Waals surface area contributed by atoms with Crippen LogP contribution in [0, 0.1) is 12.8 Å². The fourth-order valence-electron chi connectivity index (χ4n) is 3.18. The summed E-state index contributed by atoms with van der Waals surface area (Å²) in [6.07, 6.45) is 2.10. The Morgan fingerprint density at radius 1 is 1.27 bits per heavy atom. The van der Waals surface area contributed by atoms with Crippen molar-refractivity contribution in [1.29, 1.82) is 0 Å². The fraction of sp³-hybridized carbons (Fsp3) is 0.450. The molecule has 1 fully saturated rings. The third-order valence-electron chi connectivity index (χ3n) is 4.78. The van der Waals surface area contributed by atoms with Crippen LogP contribution in [0.3, 0.4) is 0 Å². The van der Waals surface area contributed by atoms with Gasteiger partial charge < -0.3 is 15.0 Å². The number of para-hydroxylation sites is 1.